The van der Waals surface area contributed by atoms with Crippen molar-refractivity contribution >= 4 is 63.4 Å². The molecule has 3 aromatic rings. The van der Waals surface area contributed by atoms with E-state index in [0.29, 0.717) is 21.4 Å². The molecule has 5 nitrogen and oxygen atoms in total. The van der Waals surface area contributed by atoms with E-state index >= 15 is 0 Å². The average Bonchev–Trinajstić information content (AvgIpc) is 3.29. The first kappa shape index (κ1) is 19.8. The SMILES string of the molecule is CN(CC(=O)Nc1ccc(Cl)c(Cl)c1)C(=O)Cc1csc(-c2ccsc2)n1. The summed E-state index contributed by atoms with van der Waals surface area (Å²) in [5, 5.41) is 10.2. The normalized spacial score (nSPS) is 10.6. The predicted molar refractivity (Wildman–Crippen MR) is 112 cm³/mol. The molecule has 0 unspecified atom stereocenters. The fourth-order valence-electron chi connectivity index (χ4n) is 2.27. The minimum atomic E-state index is -0.318. The Balaban J connectivity index is 1.54. The number of anilines is 1. The minimum Gasteiger partial charge on any atom is -0.336 e. The molecule has 0 saturated carbocycles. The number of hydrogen-bond donors (Lipinski definition) is 1. The number of aromatic nitrogens is 1. The largest absolute Gasteiger partial charge is 0.336 e. The second kappa shape index (κ2) is 8.84. The molecule has 2 amide bonds. The van der Waals surface area contributed by atoms with Gasteiger partial charge in [-0.05, 0) is 29.6 Å². The molecule has 0 bridgehead atoms. The van der Waals surface area contributed by atoms with E-state index in [2.05, 4.69) is 10.3 Å². The van der Waals surface area contributed by atoms with Crippen molar-refractivity contribution in [3.8, 4) is 10.6 Å². The van der Waals surface area contributed by atoms with Crippen LogP contribution < -0.4 is 5.32 Å². The maximum Gasteiger partial charge on any atom is 0.243 e. The van der Waals surface area contributed by atoms with Crippen molar-refractivity contribution in [1.82, 2.24) is 9.88 Å². The number of nitrogens with one attached hydrogen (secondary N) is 1. The third-order valence-electron chi connectivity index (χ3n) is 3.66. The van der Waals surface area contributed by atoms with Gasteiger partial charge < -0.3 is 10.2 Å². The van der Waals surface area contributed by atoms with Gasteiger partial charge in [0.15, 0.2) is 0 Å². The molecule has 0 radical (unpaired) electrons. The monoisotopic (exact) mass is 439 g/mol. The Morgan fingerprint density at radius 2 is 2.00 bits per heavy atom. The molecule has 0 spiro atoms. The van der Waals surface area contributed by atoms with Crippen LogP contribution >= 0.6 is 45.9 Å². The summed E-state index contributed by atoms with van der Waals surface area (Å²) in [7, 11) is 1.59. The van der Waals surface area contributed by atoms with E-state index < -0.39 is 0 Å². The zero-order valence-corrected chi connectivity index (χ0v) is 17.4. The number of amides is 2. The van der Waals surface area contributed by atoms with Crippen LogP contribution in [0.1, 0.15) is 5.69 Å². The smallest absolute Gasteiger partial charge is 0.243 e. The number of halogens is 2. The van der Waals surface area contributed by atoms with Gasteiger partial charge in [0.25, 0.3) is 0 Å². The van der Waals surface area contributed by atoms with Gasteiger partial charge in [0.2, 0.25) is 11.8 Å². The van der Waals surface area contributed by atoms with Crippen LogP contribution in [0.2, 0.25) is 10.0 Å². The molecule has 9 heteroatoms. The van der Waals surface area contributed by atoms with Gasteiger partial charge in [0, 0.05) is 29.1 Å². The van der Waals surface area contributed by atoms with Crippen LogP contribution in [0.3, 0.4) is 0 Å². The molecule has 1 N–H and O–H groups in total. The van der Waals surface area contributed by atoms with E-state index in [0.717, 1.165) is 10.6 Å². The van der Waals surface area contributed by atoms with E-state index in [-0.39, 0.29) is 24.8 Å². The number of nitrogens with zero attached hydrogens (tertiary/aromatic N) is 2. The molecular weight excluding hydrogens is 425 g/mol. The molecule has 2 aromatic heterocycles. The summed E-state index contributed by atoms with van der Waals surface area (Å²) in [5.41, 5.74) is 2.27. The van der Waals surface area contributed by atoms with E-state index in [1.54, 1.807) is 36.6 Å². The van der Waals surface area contributed by atoms with Gasteiger partial charge in [-0.1, -0.05) is 23.2 Å². The molecular formula is C18H15Cl2N3O2S2. The minimum absolute atomic E-state index is 0.0688. The van der Waals surface area contributed by atoms with Crippen LogP contribution in [0.5, 0.6) is 0 Å². The van der Waals surface area contributed by atoms with Gasteiger partial charge in [-0.3, -0.25) is 9.59 Å². The highest BCUT2D eigenvalue weighted by Gasteiger charge is 2.16. The fraction of sp³-hybridized carbons (Fsp3) is 0.167. The topological polar surface area (TPSA) is 62.3 Å². The Hall–Kier alpha value is -1.93. The summed E-state index contributed by atoms with van der Waals surface area (Å²) < 4.78 is 0. The third kappa shape index (κ3) is 5.29. The molecule has 0 aliphatic carbocycles. The van der Waals surface area contributed by atoms with Crippen LogP contribution in [0.4, 0.5) is 5.69 Å². The molecule has 0 atom stereocenters. The highest BCUT2D eigenvalue weighted by Crippen LogP contribution is 2.26. The third-order valence-corrected chi connectivity index (χ3v) is 6.02. The Bertz CT molecular complexity index is 957. The maximum absolute atomic E-state index is 12.4. The molecule has 0 saturated heterocycles. The molecule has 3 rings (SSSR count). The molecule has 1 aromatic carbocycles. The number of hydrogen-bond acceptors (Lipinski definition) is 5. The summed E-state index contributed by atoms with van der Waals surface area (Å²) in [6.07, 6.45) is 0.150. The summed E-state index contributed by atoms with van der Waals surface area (Å²) in [6.45, 7) is -0.0688. The molecule has 2 heterocycles. The van der Waals surface area contributed by atoms with Gasteiger partial charge in [0.1, 0.15) is 5.01 Å². The summed E-state index contributed by atoms with van der Waals surface area (Å²) in [4.78, 5) is 30.4. The first-order valence-corrected chi connectivity index (χ1v) is 10.5. The quantitative estimate of drug-likeness (QED) is 0.598. The Morgan fingerprint density at radius 1 is 1.19 bits per heavy atom. The van der Waals surface area contributed by atoms with Crippen molar-refractivity contribution in [1.29, 1.82) is 0 Å². The highest BCUT2D eigenvalue weighted by molar-refractivity contribution is 7.14. The van der Waals surface area contributed by atoms with E-state index in [1.165, 1.54) is 16.2 Å². The number of rotatable bonds is 6. The second-order valence-corrected chi connectivity index (χ2v) is 8.21. The summed E-state index contributed by atoms with van der Waals surface area (Å²) >= 11 is 14.9. The average molecular weight is 440 g/mol. The maximum atomic E-state index is 12.4. The lowest BCUT2D eigenvalue weighted by molar-refractivity contribution is -0.132. The van der Waals surface area contributed by atoms with Gasteiger partial charge in [-0.15, -0.1) is 11.3 Å². The van der Waals surface area contributed by atoms with E-state index in [4.69, 9.17) is 23.2 Å². The molecule has 0 aliphatic rings. The standard InChI is InChI=1S/C18H15Cl2N3O2S2/c1-23(8-16(24)21-12-2-3-14(19)15(20)6-12)17(25)7-13-10-27-18(22-13)11-4-5-26-9-11/h2-6,9-10H,7-8H2,1H3,(H,21,24). The summed E-state index contributed by atoms with van der Waals surface area (Å²) in [6, 6.07) is 6.80. The van der Waals surface area contributed by atoms with E-state index in [1.807, 2.05) is 22.2 Å². The lowest BCUT2D eigenvalue weighted by atomic mass is 10.3. The Kier molecular flexibility index (Phi) is 6.49. The number of benzene rings is 1. The number of thiophene rings is 1. The van der Waals surface area contributed by atoms with Crippen molar-refractivity contribution in [2.45, 2.75) is 6.42 Å². The van der Waals surface area contributed by atoms with Crippen molar-refractivity contribution in [2.75, 3.05) is 18.9 Å². The fourth-order valence-corrected chi connectivity index (χ4v) is 4.10. The van der Waals surface area contributed by atoms with Crippen molar-refractivity contribution in [3.63, 3.8) is 0 Å². The van der Waals surface area contributed by atoms with E-state index in [9.17, 15) is 9.59 Å². The Labute approximate surface area is 174 Å². The van der Waals surface area contributed by atoms with Crippen LogP contribution in [0, 0.1) is 0 Å². The summed E-state index contributed by atoms with van der Waals surface area (Å²) in [5.74, 6) is -0.497. The van der Waals surface area contributed by atoms with Crippen molar-refractivity contribution in [3.05, 3.63) is 56.1 Å². The van der Waals surface area contributed by atoms with Crippen molar-refractivity contribution < 1.29 is 9.59 Å². The number of carbonyl (C=O) groups excluding carboxylic acids is 2. The number of thiazole rings is 1. The zero-order chi connectivity index (χ0) is 19.4. The molecule has 140 valence electrons. The predicted octanol–water partition coefficient (Wildman–Crippen LogP) is 4.82. The van der Waals surface area contributed by atoms with Crippen LogP contribution in [0.25, 0.3) is 10.6 Å². The van der Waals surface area contributed by atoms with Crippen LogP contribution in [-0.4, -0.2) is 35.3 Å². The second-order valence-electron chi connectivity index (χ2n) is 5.76. The van der Waals surface area contributed by atoms with Crippen LogP contribution in [-0.2, 0) is 16.0 Å². The molecule has 0 fully saturated rings. The van der Waals surface area contributed by atoms with Crippen molar-refractivity contribution in [2.24, 2.45) is 0 Å². The zero-order valence-electron chi connectivity index (χ0n) is 14.2. The Morgan fingerprint density at radius 3 is 2.70 bits per heavy atom. The first-order chi connectivity index (χ1) is 12.9. The van der Waals surface area contributed by atoms with Gasteiger partial charge in [-0.2, -0.15) is 11.3 Å². The lowest BCUT2D eigenvalue weighted by Crippen LogP contribution is -2.35. The first-order valence-electron chi connectivity index (χ1n) is 7.88. The molecule has 27 heavy (non-hydrogen) atoms. The highest BCUT2D eigenvalue weighted by atomic mass is 35.5. The van der Waals surface area contributed by atoms with Gasteiger partial charge in [0.05, 0.1) is 28.7 Å². The number of likely N-dealkylation sites (N-methyl/N-ethyl adjacent to an activating group) is 1. The van der Waals surface area contributed by atoms with Crippen LogP contribution in [0.15, 0.2) is 40.4 Å². The number of carbonyl (C=O) groups is 2. The van der Waals surface area contributed by atoms with Gasteiger partial charge >= 0.3 is 0 Å². The lowest BCUT2D eigenvalue weighted by Gasteiger charge is -2.16. The van der Waals surface area contributed by atoms with Gasteiger partial charge in [-0.25, -0.2) is 4.98 Å². The molecule has 0 aliphatic heterocycles.